The van der Waals surface area contributed by atoms with Gasteiger partial charge in [0.25, 0.3) is 0 Å². The van der Waals surface area contributed by atoms with Gasteiger partial charge in [-0.1, -0.05) is 12.1 Å². The number of aromatic nitrogens is 1. The quantitative estimate of drug-likeness (QED) is 0.643. The molecular formula is C13H9BrF3N3O. The Hall–Kier alpha value is -2.09. The average molecular weight is 360 g/mol. The second-order valence-electron chi connectivity index (χ2n) is 3.99. The zero-order valence-corrected chi connectivity index (χ0v) is 12.0. The molecular weight excluding hydrogens is 351 g/mol. The van der Waals surface area contributed by atoms with Gasteiger partial charge in [-0.05, 0) is 40.2 Å². The van der Waals surface area contributed by atoms with Crippen LogP contribution in [0.4, 0.5) is 13.2 Å². The summed E-state index contributed by atoms with van der Waals surface area (Å²) in [6.45, 7) is 0. The number of pyridine rings is 1. The van der Waals surface area contributed by atoms with Crippen LogP contribution in [0.3, 0.4) is 0 Å². The number of hydrogen-bond acceptors (Lipinski definition) is 3. The van der Waals surface area contributed by atoms with E-state index in [2.05, 4.69) is 20.9 Å². The number of nitrogen functional groups attached to an aromatic ring is 1. The Bertz CT molecular complexity index is 689. The minimum atomic E-state index is -4.61. The number of alkyl halides is 3. The first-order valence-corrected chi connectivity index (χ1v) is 6.43. The van der Waals surface area contributed by atoms with E-state index in [1.807, 2.05) is 0 Å². The summed E-state index contributed by atoms with van der Waals surface area (Å²) in [5.74, 6) is -0.533. The van der Waals surface area contributed by atoms with Crippen molar-refractivity contribution in [2.45, 2.75) is 6.18 Å². The van der Waals surface area contributed by atoms with Gasteiger partial charge in [0, 0.05) is 0 Å². The Morgan fingerprint density at radius 3 is 2.43 bits per heavy atom. The molecule has 2 rings (SSSR count). The molecule has 0 saturated heterocycles. The second kappa shape index (κ2) is 5.72. The van der Waals surface area contributed by atoms with Crippen molar-refractivity contribution in [3.05, 3.63) is 52.1 Å². The van der Waals surface area contributed by atoms with Crippen LogP contribution in [-0.2, 0) is 6.18 Å². The van der Waals surface area contributed by atoms with E-state index in [0.29, 0.717) is 4.47 Å². The van der Waals surface area contributed by atoms with Crippen molar-refractivity contribution in [2.24, 2.45) is 5.73 Å². The molecule has 21 heavy (non-hydrogen) atoms. The average Bonchev–Trinajstić information content (AvgIpc) is 2.40. The maximum absolute atomic E-state index is 12.7. The number of halogens is 4. The number of nitrogens with one attached hydrogen (secondary N) is 1. The van der Waals surface area contributed by atoms with E-state index >= 15 is 0 Å². The summed E-state index contributed by atoms with van der Waals surface area (Å²) < 4.78 is 44.0. The molecule has 0 saturated carbocycles. The number of nitrogens with two attached hydrogens (primary N) is 1. The number of nitrogens with zero attached hydrogens (tertiary/aromatic N) is 1. The van der Waals surface area contributed by atoms with E-state index in [4.69, 9.17) is 15.9 Å². The van der Waals surface area contributed by atoms with Crippen LogP contribution >= 0.6 is 15.9 Å². The monoisotopic (exact) mass is 359 g/mol. The third kappa shape index (κ3) is 3.52. The molecule has 0 fully saturated rings. The highest BCUT2D eigenvalue weighted by Crippen LogP contribution is 2.33. The van der Waals surface area contributed by atoms with Gasteiger partial charge in [-0.25, -0.2) is 4.98 Å². The van der Waals surface area contributed by atoms with Gasteiger partial charge in [-0.2, -0.15) is 13.2 Å². The van der Waals surface area contributed by atoms with Crippen molar-refractivity contribution in [3.8, 4) is 11.6 Å². The summed E-state index contributed by atoms with van der Waals surface area (Å²) in [7, 11) is 0. The lowest BCUT2D eigenvalue weighted by Crippen LogP contribution is -2.16. The van der Waals surface area contributed by atoms with E-state index < -0.39 is 17.7 Å². The Labute approximate surface area is 126 Å². The van der Waals surface area contributed by atoms with Gasteiger partial charge in [0.15, 0.2) is 0 Å². The Morgan fingerprint density at radius 2 is 1.86 bits per heavy atom. The van der Waals surface area contributed by atoms with E-state index in [1.54, 1.807) is 24.3 Å². The van der Waals surface area contributed by atoms with Crippen LogP contribution < -0.4 is 10.5 Å². The molecule has 0 unspecified atom stereocenters. The highest BCUT2D eigenvalue weighted by atomic mass is 79.9. The molecule has 110 valence electrons. The van der Waals surface area contributed by atoms with Crippen LogP contribution in [0.1, 0.15) is 11.3 Å². The molecule has 0 radical (unpaired) electrons. The summed E-state index contributed by atoms with van der Waals surface area (Å²) in [6.07, 6.45) is -4.61. The minimum absolute atomic E-state index is 0.0150. The third-order valence-corrected chi connectivity index (χ3v) is 3.14. The van der Waals surface area contributed by atoms with Crippen molar-refractivity contribution in [1.29, 1.82) is 5.41 Å². The van der Waals surface area contributed by atoms with E-state index in [-0.39, 0.29) is 17.2 Å². The van der Waals surface area contributed by atoms with Crippen molar-refractivity contribution >= 4 is 21.8 Å². The van der Waals surface area contributed by atoms with Gasteiger partial charge < -0.3 is 10.5 Å². The molecule has 2 aromatic rings. The number of rotatable bonds is 3. The number of benzene rings is 1. The van der Waals surface area contributed by atoms with Crippen molar-refractivity contribution in [2.75, 3.05) is 0 Å². The molecule has 0 bridgehead atoms. The van der Waals surface area contributed by atoms with Crippen molar-refractivity contribution in [3.63, 3.8) is 0 Å². The zero-order valence-electron chi connectivity index (χ0n) is 10.4. The molecule has 0 spiro atoms. The number of hydrogen-bond donors (Lipinski definition) is 2. The van der Waals surface area contributed by atoms with Crippen molar-refractivity contribution in [1.82, 2.24) is 4.98 Å². The third-order valence-electron chi connectivity index (χ3n) is 2.48. The lowest BCUT2D eigenvalue weighted by Gasteiger charge is -2.13. The molecule has 0 aliphatic heterocycles. The number of para-hydroxylation sites is 1. The molecule has 8 heteroatoms. The normalized spacial score (nSPS) is 11.2. The zero-order chi connectivity index (χ0) is 15.6. The Balaban J connectivity index is 2.49. The first-order chi connectivity index (χ1) is 9.79. The van der Waals surface area contributed by atoms with Gasteiger partial charge in [0.1, 0.15) is 17.3 Å². The van der Waals surface area contributed by atoms with Crippen LogP contribution in [0.2, 0.25) is 0 Å². The Morgan fingerprint density at radius 1 is 1.19 bits per heavy atom. The van der Waals surface area contributed by atoms with Crippen LogP contribution in [0, 0.1) is 5.41 Å². The van der Waals surface area contributed by atoms with E-state index in [0.717, 1.165) is 12.1 Å². The molecule has 0 amide bonds. The van der Waals surface area contributed by atoms with Gasteiger partial charge in [-0.3, -0.25) is 5.41 Å². The van der Waals surface area contributed by atoms with E-state index in [9.17, 15) is 13.2 Å². The lowest BCUT2D eigenvalue weighted by atomic mass is 10.2. The van der Waals surface area contributed by atoms with Crippen LogP contribution in [0.5, 0.6) is 11.6 Å². The first kappa shape index (κ1) is 15.3. The molecule has 1 aromatic heterocycles. The van der Waals surface area contributed by atoms with Crippen LogP contribution in [0.15, 0.2) is 40.9 Å². The van der Waals surface area contributed by atoms with E-state index in [1.165, 1.54) is 0 Å². The predicted molar refractivity (Wildman–Crippen MR) is 74.5 cm³/mol. The summed E-state index contributed by atoms with van der Waals surface area (Å²) >= 11 is 3.21. The molecule has 0 atom stereocenters. The van der Waals surface area contributed by atoms with Gasteiger partial charge in [0.05, 0.1) is 10.0 Å². The topological polar surface area (TPSA) is 72.0 Å². The fourth-order valence-corrected chi connectivity index (χ4v) is 1.88. The number of ether oxygens (including phenoxy) is 1. The summed E-state index contributed by atoms with van der Waals surface area (Å²) in [5, 5.41) is 7.39. The largest absolute Gasteiger partial charge is 0.437 e. The lowest BCUT2D eigenvalue weighted by molar-refractivity contribution is -0.141. The van der Waals surface area contributed by atoms with Crippen LogP contribution in [-0.4, -0.2) is 10.8 Å². The van der Waals surface area contributed by atoms with Crippen LogP contribution in [0.25, 0.3) is 0 Å². The Kier molecular flexibility index (Phi) is 4.17. The molecule has 1 aromatic carbocycles. The summed E-state index contributed by atoms with van der Waals surface area (Å²) in [5.41, 5.74) is 4.20. The van der Waals surface area contributed by atoms with Gasteiger partial charge in [-0.15, -0.1) is 0 Å². The SMILES string of the molecule is N=C(N)c1ccc(C(F)(F)F)nc1Oc1ccccc1Br. The molecule has 0 aliphatic rings. The standard InChI is InChI=1S/C13H9BrF3N3O/c14-8-3-1-2-4-9(8)21-12-7(11(18)19)5-6-10(20-12)13(15,16)17/h1-6H,(H3,18,19). The van der Waals surface area contributed by atoms with Gasteiger partial charge >= 0.3 is 6.18 Å². The fraction of sp³-hybridized carbons (Fsp3) is 0.0769. The smallest absolute Gasteiger partial charge is 0.433 e. The first-order valence-electron chi connectivity index (χ1n) is 5.64. The number of amidine groups is 1. The maximum Gasteiger partial charge on any atom is 0.433 e. The second-order valence-corrected chi connectivity index (χ2v) is 4.85. The maximum atomic E-state index is 12.7. The summed E-state index contributed by atoms with van der Waals surface area (Å²) in [4.78, 5) is 3.41. The highest BCUT2D eigenvalue weighted by Gasteiger charge is 2.33. The molecule has 1 heterocycles. The predicted octanol–water partition coefficient (Wildman–Crippen LogP) is 3.94. The summed E-state index contributed by atoms with van der Waals surface area (Å²) in [6, 6.07) is 8.41. The highest BCUT2D eigenvalue weighted by molar-refractivity contribution is 9.10. The van der Waals surface area contributed by atoms with Gasteiger partial charge in [0.2, 0.25) is 5.88 Å². The fourth-order valence-electron chi connectivity index (χ4n) is 1.51. The molecule has 0 aliphatic carbocycles. The molecule has 4 nitrogen and oxygen atoms in total. The van der Waals surface area contributed by atoms with Crippen molar-refractivity contribution < 1.29 is 17.9 Å². The molecule has 3 N–H and O–H groups in total. The minimum Gasteiger partial charge on any atom is -0.437 e.